The zero-order valence-electron chi connectivity index (χ0n) is 9.08. The Morgan fingerprint density at radius 3 is 2.94 bits per heavy atom. The fraction of sp³-hybridized carbons (Fsp3) is 0.200. The van der Waals surface area contributed by atoms with E-state index in [2.05, 4.69) is 10.3 Å². The fourth-order valence-electron chi connectivity index (χ4n) is 1.46. The third kappa shape index (κ3) is 2.45. The second kappa shape index (κ2) is 5.09. The van der Waals surface area contributed by atoms with Crippen LogP contribution in [-0.4, -0.2) is 25.8 Å². The van der Waals surface area contributed by atoms with Crippen LogP contribution in [0, 0.1) is 15.9 Å². The molecule has 0 aliphatic heterocycles. The first-order chi connectivity index (χ1) is 8.61. The van der Waals surface area contributed by atoms with Gasteiger partial charge in [0, 0.05) is 24.4 Å². The highest BCUT2D eigenvalue weighted by Crippen LogP contribution is 2.23. The van der Waals surface area contributed by atoms with Crippen molar-refractivity contribution >= 4 is 17.3 Å². The van der Waals surface area contributed by atoms with E-state index in [0.717, 1.165) is 18.2 Å². The molecule has 0 aliphatic rings. The Hall–Kier alpha value is -2.02. The summed E-state index contributed by atoms with van der Waals surface area (Å²) in [4.78, 5) is 10.2. The first-order valence-corrected chi connectivity index (χ1v) is 5.57. The predicted octanol–water partition coefficient (Wildman–Crippen LogP) is 2.10. The zero-order chi connectivity index (χ0) is 13.1. The molecular formula is C10H8ClFN4O2. The summed E-state index contributed by atoms with van der Waals surface area (Å²) in [5.41, 5.74) is 0.385. The number of nitro groups is 1. The lowest BCUT2D eigenvalue weighted by Gasteiger charge is -2.01. The molecule has 0 atom stereocenters. The van der Waals surface area contributed by atoms with Crippen LogP contribution in [0.4, 0.5) is 10.1 Å². The minimum absolute atomic E-state index is 0.0355. The number of aromatic nitrogens is 3. The largest absolute Gasteiger partial charge is 0.295 e. The Kier molecular flexibility index (Phi) is 3.52. The van der Waals surface area contributed by atoms with Gasteiger partial charge in [-0.25, -0.2) is 9.07 Å². The predicted molar refractivity (Wildman–Crippen MR) is 62.4 cm³/mol. The number of halogens is 2. The van der Waals surface area contributed by atoms with E-state index in [1.165, 1.54) is 10.9 Å². The monoisotopic (exact) mass is 270 g/mol. The molecule has 94 valence electrons. The fourth-order valence-corrected chi connectivity index (χ4v) is 1.66. The topological polar surface area (TPSA) is 73.8 Å². The van der Waals surface area contributed by atoms with E-state index in [9.17, 15) is 14.5 Å². The lowest BCUT2D eigenvalue weighted by atomic mass is 10.2. The number of alkyl halides is 1. The summed E-state index contributed by atoms with van der Waals surface area (Å²) in [6.07, 6.45) is 1.98. The third-order valence-corrected chi connectivity index (χ3v) is 2.46. The van der Waals surface area contributed by atoms with Gasteiger partial charge in [-0.05, 0) is 6.07 Å². The Balaban J connectivity index is 2.47. The van der Waals surface area contributed by atoms with E-state index >= 15 is 0 Å². The summed E-state index contributed by atoms with van der Waals surface area (Å²) in [5, 5.41) is 18.4. The van der Waals surface area contributed by atoms with E-state index in [1.54, 1.807) is 0 Å². The van der Waals surface area contributed by atoms with Gasteiger partial charge in [-0.1, -0.05) is 5.21 Å². The lowest BCUT2D eigenvalue weighted by molar-refractivity contribution is -0.384. The first kappa shape index (κ1) is 12.4. The molecule has 2 aromatic rings. The van der Waals surface area contributed by atoms with Gasteiger partial charge in [0.1, 0.15) is 11.5 Å². The van der Waals surface area contributed by atoms with Crippen molar-refractivity contribution in [2.45, 2.75) is 6.42 Å². The van der Waals surface area contributed by atoms with Crippen LogP contribution < -0.4 is 0 Å². The molecule has 0 unspecified atom stereocenters. The van der Waals surface area contributed by atoms with Crippen molar-refractivity contribution < 1.29 is 9.31 Å². The van der Waals surface area contributed by atoms with Crippen LogP contribution in [0.1, 0.15) is 5.69 Å². The Labute approximate surface area is 106 Å². The van der Waals surface area contributed by atoms with E-state index in [4.69, 9.17) is 11.6 Å². The number of nitrogens with zero attached hydrogens (tertiary/aromatic N) is 4. The quantitative estimate of drug-likeness (QED) is 0.484. The van der Waals surface area contributed by atoms with Crippen LogP contribution >= 0.6 is 11.6 Å². The average molecular weight is 271 g/mol. The summed E-state index contributed by atoms with van der Waals surface area (Å²) in [6, 6.07) is 3.16. The van der Waals surface area contributed by atoms with Crippen LogP contribution in [0.25, 0.3) is 5.69 Å². The second-order valence-electron chi connectivity index (χ2n) is 3.48. The maximum Gasteiger partial charge on any atom is 0.295 e. The average Bonchev–Trinajstić information content (AvgIpc) is 2.77. The Morgan fingerprint density at radius 2 is 2.28 bits per heavy atom. The van der Waals surface area contributed by atoms with Crippen LogP contribution in [0.3, 0.4) is 0 Å². The van der Waals surface area contributed by atoms with E-state index in [-0.39, 0.29) is 11.4 Å². The standard InChI is InChI=1S/C10H8ClFN4O2/c11-4-3-8-6-15(14-13-8)10-5-7(12)1-2-9(10)16(17)18/h1-2,5-6H,3-4H2. The highest BCUT2D eigenvalue weighted by molar-refractivity contribution is 6.17. The van der Waals surface area contributed by atoms with Crippen molar-refractivity contribution in [3.8, 4) is 5.69 Å². The zero-order valence-corrected chi connectivity index (χ0v) is 9.84. The maximum atomic E-state index is 13.1. The van der Waals surface area contributed by atoms with Gasteiger partial charge in [0.15, 0.2) is 0 Å². The highest BCUT2D eigenvalue weighted by Gasteiger charge is 2.17. The number of benzene rings is 1. The van der Waals surface area contributed by atoms with E-state index in [0.29, 0.717) is 18.0 Å². The first-order valence-electron chi connectivity index (χ1n) is 5.03. The van der Waals surface area contributed by atoms with Crippen LogP contribution in [0.2, 0.25) is 0 Å². The summed E-state index contributed by atoms with van der Waals surface area (Å²) in [7, 11) is 0. The molecule has 8 heteroatoms. The van der Waals surface area contributed by atoms with E-state index in [1.807, 2.05) is 0 Å². The lowest BCUT2D eigenvalue weighted by Crippen LogP contribution is -2.01. The molecule has 1 heterocycles. The highest BCUT2D eigenvalue weighted by atomic mass is 35.5. The van der Waals surface area contributed by atoms with Gasteiger partial charge in [0.05, 0.1) is 16.8 Å². The molecular weight excluding hydrogens is 263 g/mol. The molecule has 0 fully saturated rings. The number of hydrogen-bond acceptors (Lipinski definition) is 4. The van der Waals surface area contributed by atoms with Crippen molar-refractivity contribution in [1.82, 2.24) is 15.0 Å². The van der Waals surface area contributed by atoms with Gasteiger partial charge in [0.2, 0.25) is 0 Å². The molecule has 1 aromatic carbocycles. The molecule has 1 aromatic heterocycles. The van der Waals surface area contributed by atoms with E-state index < -0.39 is 10.7 Å². The van der Waals surface area contributed by atoms with Crippen LogP contribution in [0.5, 0.6) is 0 Å². The summed E-state index contributed by atoms with van der Waals surface area (Å²) in [6.45, 7) is 0. The molecule has 0 aliphatic carbocycles. The number of nitro benzene ring substituents is 1. The molecule has 0 N–H and O–H groups in total. The molecule has 2 rings (SSSR count). The van der Waals surface area contributed by atoms with Gasteiger partial charge in [0.25, 0.3) is 5.69 Å². The minimum Gasteiger partial charge on any atom is -0.258 e. The SMILES string of the molecule is O=[N+]([O-])c1ccc(F)cc1-n1cc(CCCl)nn1. The molecule has 18 heavy (non-hydrogen) atoms. The maximum absolute atomic E-state index is 13.1. The Morgan fingerprint density at radius 1 is 1.50 bits per heavy atom. The third-order valence-electron chi connectivity index (χ3n) is 2.27. The minimum atomic E-state index is -0.600. The molecule has 0 bridgehead atoms. The van der Waals surface area contributed by atoms with Crippen molar-refractivity contribution in [3.05, 3.63) is 46.0 Å². The van der Waals surface area contributed by atoms with Crippen LogP contribution in [0.15, 0.2) is 24.4 Å². The van der Waals surface area contributed by atoms with Crippen LogP contribution in [-0.2, 0) is 6.42 Å². The van der Waals surface area contributed by atoms with Gasteiger partial charge in [-0.3, -0.25) is 10.1 Å². The van der Waals surface area contributed by atoms with Gasteiger partial charge in [-0.2, -0.15) is 0 Å². The molecule has 0 spiro atoms. The molecule has 0 saturated carbocycles. The van der Waals surface area contributed by atoms with Gasteiger partial charge in [-0.15, -0.1) is 16.7 Å². The summed E-state index contributed by atoms with van der Waals surface area (Å²) < 4.78 is 14.3. The second-order valence-corrected chi connectivity index (χ2v) is 3.86. The summed E-state index contributed by atoms with van der Waals surface area (Å²) in [5.74, 6) is -0.214. The van der Waals surface area contributed by atoms with Gasteiger partial charge < -0.3 is 0 Å². The smallest absolute Gasteiger partial charge is 0.258 e. The number of aryl methyl sites for hydroxylation is 1. The number of rotatable bonds is 4. The molecule has 0 saturated heterocycles. The van der Waals surface area contributed by atoms with Crippen molar-refractivity contribution in [2.75, 3.05) is 5.88 Å². The number of hydrogen-bond donors (Lipinski definition) is 0. The Bertz CT molecular complexity index is 587. The molecule has 0 radical (unpaired) electrons. The van der Waals surface area contributed by atoms with Crippen molar-refractivity contribution in [3.63, 3.8) is 0 Å². The molecule has 0 amide bonds. The van der Waals surface area contributed by atoms with Crippen molar-refractivity contribution in [1.29, 1.82) is 0 Å². The van der Waals surface area contributed by atoms with Gasteiger partial charge >= 0.3 is 0 Å². The summed E-state index contributed by atoms with van der Waals surface area (Å²) >= 11 is 5.55. The molecule has 6 nitrogen and oxygen atoms in total. The van der Waals surface area contributed by atoms with Crippen molar-refractivity contribution in [2.24, 2.45) is 0 Å². The normalized spacial score (nSPS) is 10.6.